The van der Waals surface area contributed by atoms with E-state index in [9.17, 15) is 27.9 Å². The lowest BCUT2D eigenvalue weighted by Crippen LogP contribution is -2.41. The highest BCUT2D eigenvalue weighted by molar-refractivity contribution is 6.30. The number of alkyl halides is 3. The molecule has 0 saturated carbocycles. The number of hydrazone groups is 1. The fourth-order valence-electron chi connectivity index (χ4n) is 2.84. The Morgan fingerprint density at radius 1 is 1.14 bits per heavy atom. The second-order valence-corrected chi connectivity index (χ2v) is 7.09. The molecule has 0 aliphatic carbocycles. The van der Waals surface area contributed by atoms with Gasteiger partial charge in [0.2, 0.25) is 0 Å². The first kappa shape index (κ1) is 20.7. The molecule has 1 atom stereocenters. The van der Waals surface area contributed by atoms with Gasteiger partial charge in [0.25, 0.3) is 0 Å². The maximum Gasteiger partial charge on any atom is 0.416 e. The van der Waals surface area contributed by atoms with Crippen LogP contribution in [0.4, 0.5) is 23.7 Å². The van der Waals surface area contributed by atoms with Crippen molar-refractivity contribution in [3.05, 3.63) is 64.7 Å². The molecule has 0 aromatic heterocycles. The third-order valence-corrected chi connectivity index (χ3v) is 4.75. The number of anilines is 1. The Morgan fingerprint density at radius 2 is 1.72 bits per heavy atom. The van der Waals surface area contributed by atoms with E-state index in [-0.39, 0.29) is 17.9 Å². The smallest absolute Gasteiger partial charge is 0.416 e. The molecule has 2 N–H and O–H groups in total. The van der Waals surface area contributed by atoms with Crippen LogP contribution >= 0.6 is 11.6 Å². The third-order valence-electron chi connectivity index (χ3n) is 4.50. The molecule has 2 aromatic rings. The van der Waals surface area contributed by atoms with Crippen LogP contribution in [-0.2, 0) is 11.0 Å². The van der Waals surface area contributed by atoms with Crippen LogP contribution in [0.25, 0.3) is 0 Å². The first-order valence-electron chi connectivity index (χ1n) is 8.35. The highest BCUT2D eigenvalue weighted by Gasteiger charge is 2.47. The van der Waals surface area contributed by atoms with Gasteiger partial charge in [-0.25, -0.2) is 9.80 Å². The van der Waals surface area contributed by atoms with E-state index in [0.29, 0.717) is 10.6 Å². The molecule has 3 rings (SSSR count). The number of hydrogen-bond donors (Lipinski definition) is 2. The van der Waals surface area contributed by atoms with Gasteiger partial charge in [-0.15, -0.1) is 0 Å². The number of carbonyl (C=O) groups is 2. The Bertz CT molecular complexity index is 975. The summed E-state index contributed by atoms with van der Waals surface area (Å²) in [5.74, 6) is -1.17. The summed E-state index contributed by atoms with van der Waals surface area (Å²) in [6.07, 6.45) is -4.49. The topological polar surface area (TPSA) is 82.0 Å². The minimum Gasteiger partial charge on any atom is -0.480 e. The summed E-state index contributed by atoms with van der Waals surface area (Å²) >= 11 is 5.86. The van der Waals surface area contributed by atoms with Gasteiger partial charge >= 0.3 is 18.2 Å². The van der Waals surface area contributed by atoms with Crippen LogP contribution < -0.4 is 5.32 Å². The normalized spacial score (nSPS) is 19.1. The molecule has 152 valence electrons. The van der Waals surface area contributed by atoms with Crippen molar-refractivity contribution in [1.82, 2.24) is 5.01 Å². The van der Waals surface area contributed by atoms with Crippen LogP contribution in [0, 0.1) is 5.41 Å². The maximum atomic E-state index is 12.6. The number of benzene rings is 2. The molecular weight excluding hydrogens is 411 g/mol. The van der Waals surface area contributed by atoms with Gasteiger partial charge in [0, 0.05) is 10.7 Å². The van der Waals surface area contributed by atoms with Crippen molar-refractivity contribution in [2.45, 2.75) is 13.1 Å². The van der Waals surface area contributed by atoms with Crippen molar-refractivity contribution < 1.29 is 27.9 Å². The number of nitrogens with zero attached hydrogens (tertiary/aromatic N) is 2. The van der Waals surface area contributed by atoms with E-state index in [2.05, 4.69) is 10.4 Å². The maximum absolute atomic E-state index is 12.6. The zero-order valence-electron chi connectivity index (χ0n) is 15.0. The Labute approximate surface area is 168 Å². The van der Waals surface area contributed by atoms with Gasteiger partial charge in [-0.1, -0.05) is 23.7 Å². The zero-order chi connectivity index (χ0) is 21.4. The average Bonchev–Trinajstić information content (AvgIpc) is 3.01. The standard InChI is InChI=1S/C19H15ClF3N3O3/c1-18(16(27)28)10-26(25-15(18)11-2-6-13(20)7-3-11)17(29)24-14-8-4-12(5-9-14)19(21,22)23/h2-9H,10H2,1H3,(H,24,29)(H,27,28)/t18-/m1/s1. The van der Waals surface area contributed by atoms with Gasteiger partial charge in [-0.05, 0) is 48.9 Å². The van der Waals surface area contributed by atoms with Gasteiger partial charge < -0.3 is 10.4 Å². The van der Waals surface area contributed by atoms with E-state index in [1.165, 1.54) is 6.92 Å². The quantitative estimate of drug-likeness (QED) is 0.747. The summed E-state index contributed by atoms with van der Waals surface area (Å²) in [6.45, 7) is 1.20. The minimum absolute atomic E-state index is 0.121. The van der Waals surface area contributed by atoms with Gasteiger partial charge in [0.1, 0.15) is 5.41 Å². The predicted molar refractivity (Wildman–Crippen MR) is 101 cm³/mol. The number of hydrogen-bond acceptors (Lipinski definition) is 3. The summed E-state index contributed by atoms with van der Waals surface area (Å²) in [5.41, 5.74) is -1.53. The number of carboxylic acid groups (broad SMARTS) is 1. The molecule has 0 bridgehead atoms. The monoisotopic (exact) mass is 425 g/mol. The number of nitrogens with one attached hydrogen (secondary N) is 1. The number of aliphatic carboxylic acids is 1. The molecule has 1 heterocycles. The Hall–Kier alpha value is -3.07. The molecule has 1 aliphatic heterocycles. The minimum atomic E-state index is -4.49. The fourth-order valence-corrected chi connectivity index (χ4v) is 2.97. The second kappa shape index (κ2) is 7.40. The van der Waals surface area contributed by atoms with E-state index >= 15 is 0 Å². The van der Waals surface area contributed by atoms with Gasteiger partial charge in [0.05, 0.1) is 17.8 Å². The largest absolute Gasteiger partial charge is 0.480 e. The van der Waals surface area contributed by atoms with Crippen molar-refractivity contribution in [3.8, 4) is 0 Å². The van der Waals surface area contributed by atoms with Gasteiger partial charge in [0.15, 0.2) is 0 Å². The molecule has 2 amide bonds. The molecule has 29 heavy (non-hydrogen) atoms. The van der Waals surface area contributed by atoms with Crippen LogP contribution in [-0.4, -0.2) is 34.4 Å². The summed E-state index contributed by atoms with van der Waals surface area (Å²) in [6, 6.07) is 9.47. The lowest BCUT2D eigenvalue weighted by atomic mass is 9.82. The first-order valence-corrected chi connectivity index (χ1v) is 8.73. The number of halogens is 4. The van der Waals surface area contributed by atoms with Crippen LogP contribution in [0.15, 0.2) is 53.6 Å². The zero-order valence-corrected chi connectivity index (χ0v) is 15.8. The molecule has 0 unspecified atom stereocenters. The van der Waals surface area contributed by atoms with Crippen molar-refractivity contribution in [2.75, 3.05) is 11.9 Å². The molecule has 0 spiro atoms. The van der Waals surface area contributed by atoms with Crippen molar-refractivity contribution >= 4 is 35.0 Å². The summed E-state index contributed by atoms with van der Waals surface area (Å²) in [5, 5.41) is 17.7. The average molecular weight is 426 g/mol. The number of urea groups is 1. The SMILES string of the molecule is C[C@@]1(C(=O)O)CN(C(=O)Nc2ccc(C(F)(F)F)cc2)N=C1c1ccc(Cl)cc1. The van der Waals surface area contributed by atoms with Crippen molar-refractivity contribution in [1.29, 1.82) is 0 Å². The Kier molecular flexibility index (Phi) is 5.27. The van der Waals surface area contributed by atoms with Gasteiger partial charge in [-0.3, -0.25) is 4.79 Å². The summed E-state index contributed by atoms with van der Waals surface area (Å²) < 4.78 is 37.9. The predicted octanol–water partition coefficient (Wildman–Crippen LogP) is 4.70. The first-order chi connectivity index (χ1) is 13.5. The summed E-state index contributed by atoms with van der Waals surface area (Å²) in [4.78, 5) is 24.4. The number of carboxylic acids is 1. The van der Waals surface area contributed by atoms with Crippen molar-refractivity contribution in [3.63, 3.8) is 0 Å². The van der Waals surface area contributed by atoms with E-state index in [0.717, 1.165) is 29.3 Å². The number of rotatable bonds is 3. The molecular formula is C19H15ClF3N3O3. The molecule has 10 heteroatoms. The fraction of sp³-hybridized carbons (Fsp3) is 0.211. The molecule has 0 saturated heterocycles. The van der Waals surface area contributed by atoms with Crippen LogP contribution in [0.2, 0.25) is 5.02 Å². The summed E-state index contributed by atoms with van der Waals surface area (Å²) in [7, 11) is 0. The molecule has 6 nitrogen and oxygen atoms in total. The lowest BCUT2D eigenvalue weighted by Gasteiger charge is -2.21. The van der Waals surface area contributed by atoms with E-state index in [1.807, 2.05) is 0 Å². The molecule has 0 fully saturated rings. The molecule has 2 aromatic carbocycles. The van der Waals surface area contributed by atoms with Crippen molar-refractivity contribution in [2.24, 2.45) is 10.5 Å². The van der Waals surface area contributed by atoms with Crippen LogP contribution in [0.3, 0.4) is 0 Å². The molecule has 0 radical (unpaired) electrons. The van der Waals surface area contributed by atoms with E-state index < -0.39 is 29.2 Å². The molecule has 1 aliphatic rings. The Morgan fingerprint density at radius 3 is 2.24 bits per heavy atom. The lowest BCUT2D eigenvalue weighted by molar-refractivity contribution is -0.144. The highest BCUT2D eigenvalue weighted by Crippen LogP contribution is 2.33. The third kappa shape index (κ3) is 4.19. The second-order valence-electron chi connectivity index (χ2n) is 6.66. The highest BCUT2D eigenvalue weighted by atomic mass is 35.5. The number of carbonyl (C=O) groups excluding carboxylic acids is 1. The van der Waals surface area contributed by atoms with Gasteiger partial charge in [-0.2, -0.15) is 18.3 Å². The van der Waals surface area contributed by atoms with E-state index in [1.54, 1.807) is 24.3 Å². The van der Waals surface area contributed by atoms with Crippen LogP contribution in [0.1, 0.15) is 18.1 Å². The number of amides is 2. The van der Waals surface area contributed by atoms with Crippen LogP contribution in [0.5, 0.6) is 0 Å². The Balaban J connectivity index is 1.84. The van der Waals surface area contributed by atoms with E-state index in [4.69, 9.17) is 11.6 Å².